The number of carbonyl (C=O) groups excluding carboxylic acids is 1. The molecule has 176 valence electrons. The van der Waals surface area contributed by atoms with Crippen LogP contribution in [0.2, 0.25) is 5.02 Å². The van der Waals surface area contributed by atoms with Crippen LogP contribution in [-0.2, 0) is 13.2 Å². The number of aryl methyl sites for hydroxylation is 1. The molecular weight excluding hydrogens is 461 g/mol. The first kappa shape index (κ1) is 23.4. The topological polar surface area (TPSA) is 78.5 Å². The molecule has 0 spiro atoms. The number of nitrogens with one attached hydrogen (secondary N) is 1. The smallest absolute Gasteiger partial charge is 0.291 e. The van der Waals surface area contributed by atoms with Crippen molar-refractivity contribution in [3.05, 3.63) is 93.9 Å². The zero-order chi connectivity index (χ0) is 24.2. The molecule has 34 heavy (non-hydrogen) atoms. The van der Waals surface area contributed by atoms with Crippen molar-refractivity contribution < 1.29 is 23.1 Å². The van der Waals surface area contributed by atoms with Crippen molar-refractivity contribution in [3.8, 4) is 11.5 Å². The van der Waals surface area contributed by atoms with Gasteiger partial charge in [-0.25, -0.2) is 4.39 Å². The summed E-state index contributed by atoms with van der Waals surface area (Å²) in [4.78, 5) is 12.8. The first-order valence-electron chi connectivity index (χ1n) is 10.5. The Balaban J connectivity index is 1.42. The van der Waals surface area contributed by atoms with Crippen molar-refractivity contribution in [2.24, 2.45) is 0 Å². The maximum Gasteiger partial charge on any atom is 0.291 e. The maximum absolute atomic E-state index is 14.2. The van der Waals surface area contributed by atoms with Crippen LogP contribution in [0.5, 0.6) is 11.5 Å². The Morgan fingerprint density at radius 1 is 1.12 bits per heavy atom. The number of halogens is 2. The fourth-order valence-electron chi connectivity index (χ4n) is 3.44. The first-order valence-corrected chi connectivity index (χ1v) is 10.9. The van der Waals surface area contributed by atoms with Crippen molar-refractivity contribution >= 4 is 23.2 Å². The predicted molar refractivity (Wildman–Crippen MR) is 126 cm³/mol. The molecule has 0 bridgehead atoms. The summed E-state index contributed by atoms with van der Waals surface area (Å²) >= 11 is 6.14. The molecule has 1 amide bonds. The van der Waals surface area contributed by atoms with Crippen LogP contribution in [0.25, 0.3) is 0 Å². The normalized spacial score (nSPS) is 10.9. The minimum absolute atomic E-state index is 0.136. The summed E-state index contributed by atoms with van der Waals surface area (Å²) in [7, 11) is 1.60. The predicted octanol–water partition coefficient (Wildman–Crippen LogP) is 5.77. The van der Waals surface area contributed by atoms with Crippen molar-refractivity contribution in [3.63, 3.8) is 0 Å². The van der Waals surface area contributed by atoms with Gasteiger partial charge in [-0.15, -0.1) is 0 Å². The number of carbonyl (C=O) groups is 1. The molecule has 1 N–H and O–H groups in total. The third-order valence-electron chi connectivity index (χ3n) is 5.32. The number of hydrogen-bond acceptors (Lipinski definition) is 5. The fourth-order valence-corrected chi connectivity index (χ4v) is 3.67. The summed E-state index contributed by atoms with van der Waals surface area (Å²) in [6, 6.07) is 14.9. The standard InChI is InChI=1S/C25H23ClFN3O4/c1-15-24(16(2)30(29-15)13-20-21(26)5-4-6-22(20)27)28-25(31)23-12-11-19(34-23)14-33-18-9-7-17(32-3)8-10-18/h4-12H,13-14H2,1-3H3,(H,28,31). The lowest BCUT2D eigenvalue weighted by Crippen LogP contribution is -2.13. The Hall–Kier alpha value is -3.78. The van der Waals surface area contributed by atoms with E-state index < -0.39 is 11.7 Å². The molecule has 2 heterocycles. The molecule has 0 aliphatic rings. The van der Waals surface area contributed by atoms with Crippen LogP contribution in [0.4, 0.5) is 10.1 Å². The molecule has 0 fully saturated rings. The molecule has 4 aromatic rings. The van der Waals surface area contributed by atoms with E-state index in [0.717, 1.165) is 5.75 Å². The molecule has 0 atom stereocenters. The molecule has 0 aliphatic carbocycles. The Labute approximate surface area is 201 Å². The average molecular weight is 484 g/mol. The Morgan fingerprint density at radius 3 is 2.56 bits per heavy atom. The summed E-state index contributed by atoms with van der Waals surface area (Å²) in [6.07, 6.45) is 0. The molecule has 0 saturated heterocycles. The van der Waals surface area contributed by atoms with Gasteiger partial charge >= 0.3 is 0 Å². The third kappa shape index (κ3) is 5.07. The van der Waals surface area contributed by atoms with E-state index in [2.05, 4.69) is 10.4 Å². The largest absolute Gasteiger partial charge is 0.497 e. The highest BCUT2D eigenvalue weighted by molar-refractivity contribution is 6.31. The zero-order valence-electron chi connectivity index (χ0n) is 18.9. The molecule has 9 heteroatoms. The highest BCUT2D eigenvalue weighted by atomic mass is 35.5. The van der Waals surface area contributed by atoms with Crippen molar-refractivity contribution in [1.82, 2.24) is 9.78 Å². The van der Waals surface area contributed by atoms with Gasteiger partial charge in [0, 0.05) is 10.6 Å². The van der Waals surface area contributed by atoms with Gasteiger partial charge in [0.15, 0.2) is 5.76 Å². The molecule has 0 saturated carbocycles. The first-order chi connectivity index (χ1) is 16.4. The van der Waals surface area contributed by atoms with Gasteiger partial charge in [0.25, 0.3) is 5.91 Å². The molecule has 0 unspecified atom stereocenters. The number of nitrogens with zero attached hydrogens (tertiary/aromatic N) is 2. The summed E-state index contributed by atoms with van der Waals surface area (Å²) in [5, 5.41) is 7.58. The van der Waals surface area contributed by atoms with Gasteiger partial charge in [-0.05, 0) is 62.4 Å². The quantitative estimate of drug-likeness (QED) is 0.344. The number of hydrogen-bond donors (Lipinski definition) is 1. The molecule has 0 aliphatic heterocycles. The average Bonchev–Trinajstić information content (AvgIpc) is 3.41. The van der Waals surface area contributed by atoms with E-state index in [0.29, 0.717) is 39.2 Å². The van der Waals surface area contributed by atoms with Gasteiger partial charge in [0.2, 0.25) is 0 Å². The second-order valence-corrected chi connectivity index (χ2v) is 8.00. The number of aromatic nitrogens is 2. The number of benzene rings is 2. The van der Waals surface area contributed by atoms with Gasteiger partial charge in [-0.2, -0.15) is 5.10 Å². The van der Waals surface area contributed by atoms with Crippen molar-refractivity contribution in [1.29, 1.82) is 0 Å². The second kappa shape index (κ2) is 10.0. The van der Waals surface area contributed by atoms with E-state index in [1.807, 2.05) is 0 Å². The number of amides is 1. The highest BCUT2D eigenvalue weighted by Gasteiger charge is 2.19. The molecule has 4 rings (SSSR count). The molecular formula is C25H23ClFN3O4. The van der Waals surface area contributed by atoms with Crippen LogP contribution >= 0.6 is 11.6 Å². The van der Waals surface area contributed by atoms with E-state index in [1.54, 1.807) is 74.2 Å². The number of furan rings is 1. The van der Waals surface area contributed by atoms with Gasteiger partial charge < -0.3 is 19.2 Å². The Kier molecular flexibility index (Phi) is 6.88. The minimum Gasteiger partial charge on any atom is -0.497 e. The lowest BCUT2D eigenvalue weighted by Gasteiger charge is -2.09. The van der Waals surface area contributed by atoms with E-state index in [1.165, 1.54) is 6.07 Å². The fraction of sp³-hybridized carbons (Fsp3) is 0.200. The van der Waals surface area contributed by atoms with Crippen LogP contribution in [0.1, 0.15) is 33.3 Å². The second-order valence-electron chi connectivity index (χ2n) is 7.59. The summed E-state index contributed by atoms with van der Waals surface area (Å²) in [5.74, 6) is 1.18. The van der Waals surface area contributed by atoms with Crippen LogP contribution < -0.4 is 14.8 Å². The van der Waals surface area contributed by atoms with Crippen LogP contribution in [0.3, 0.4) is 0 Å². The minimum atomic E-state index is -0.426. The Morgan fingerprint density at radius 2 is 1.85 bits per heavy atom. The third-order valence-corrected chi connectivity index (χ3v) is 5.67. The molecule has 2 aromatic carbocycles. The van der Waals surface area contributed by atoms with E-state index >= 15 is 0 Å². The number of rotatable bonds is 8. The zero-order valence-corrected chi connectivity index (χ0v) is 19.6. The SMILES string of the molecule is COc1ccc(OCc2ccc(C(=O)Nc3c(C)nn(Cc4c(F)cccc4Cl)c3C)o2)cc1. The van der Waals surface area contributed by atoms with Crippen LogP contribution in [-0.4, -0.2) is 22.8 Å². The summed E-state index contributed by atoms with van der Waals surface area (Å²) < 4.78 is 32.2. The highest BCUT2D eigenvalue weighted by Crippen LogP contribution is 2.25. The lowest BCUT2D eigenvalue weighted by molar-refractivity contribution is 0.0992. The van der Waals surface area contributed by atoms with Crippen molar-refractivity contribution in [2.45, 2.75) is 27.0 Å². The van der Waals surface area contributed by atoms with Gasteiger partial charge in [-0.1, -0.05) is 17.7 Å². The molecule has 7 nitrogen and oxygen atoms in total. The monoisotopic (exact) mass is 483 g/mol. The maximum atomic E-state index is 14.2. The van der Waals surface area contributed by atoms with E-state index in [-0.39, 0.29) is 18.9 Å². The molecule has 2 aromatic heterocycles. The summed E-state index contributed by atoms with van der Waals surface area (Å²) in [5.41, 5.74) is 2.12. The molecule has 0 radical (unpaired) electrons. The van der Waals surface area contributed by atoms with E-state index in [4.69, 9.17) is 25.5 Å². The van der Waals surface area contributed by atoms with Crippen LogP contribution in [0, 0.1) is 19.7 Å². The summed E-state index contributed by atoms with van der Waals surface area (Å²) in [6.45, 7) is 3.86. The van der Waals surface area contributed by atoms with Gasteiger partial charge in [-0.3, -0.25) is 9.48 Å². The number of anilines is 1. The van der Waals surface area contributed by atoms with E-state index in [9.17, 15) is 9.18 Å². The number of ether oxygens (including phenoxy) is 2. The van der Waals surface area contributed by atoms with Crippen LogP contribution in [0.15, 0.2) is 59.0 Å². The lowest BCUT2D eigenvalue weighted by atomic mass is 10.2. The van der Waals surface area contributed by atoms with Gasteiger partial charge in [0.05, 0.1) is 30.7 Å². The van der Waals surface area contributed by atoms with Crippen molar-refractivity contribution in [2.75, 3.05) is 12.4 Å². The van der Waals surface area contributed by atoms with Gasteiger partial charge in [0.1, 0.15) is 29.7 Å². The Bertz CT molecular complexity index is 1290. The number of methoxy groups -OCH3 is 1.